The van der Waals surface area contributed by atoms with Gasteiger partial charge in [0.15, 0.2) is 0 Å². The second kappa shape index (κ2) is 13.0. The summed E-state index contributed by atoms with van der Waals surface area (Å²) in [4.78, 5) is 15.2. The predicted octanol–water partition coefficient (Wildman–Crippen LogP) is 3.61. The van der Waals surface area contributed by atoms with Crippen molar-refractivity contribution >= 4 is 43.2 Å². The van der Waals surface area contributed by atoms with E-state index in [1.165, 1.54) is 59.9 Å². The molecule has 10 nitrogen and oxygen atoms in total. The molecule has 3 atom stereocenters. The van der Waals surface area contributed by atoms with Crippen LogP contribution in [0.1, 0.15) is 19.4 Å². The van der Waals surface area contributed by atoms with Crippen LogP contribution >= 0.6 is 11.6 Å². The highest BCUT2D eigenvalue weighted by Gasteiger charge is 2.33. The molecular formula is C29H34ClN3O7S2. The van der Waals surface area contributed by atoms with Gasteiger partial charge >= 0.3 is 0 Å². The molecule has 0 aromatic heterocycles. The minimum Gasteiger partial charge on any atom is -0.488 e. The molecule has 3 aromatic rings. The average Bonchev–Trinajstić information content (AvgIpc) is 3.00. The van der Waals surface area contributed by atoms with Crippen molar-refractivity contribution in [2.45, 2.75) is 42.2 Å². The van der Waals surface area contributed by atoms with Crippen LogP contribution in [0.25, 0.3) is 0 Å². The first kappa shape index (κ1) is 31.8. The largest absolute Gasteiger partial charge is 0.488 e. The number of hydrogen-bond acceptors (Lipinski definition) is 7. The van der Waals surface area contributed by atoms with Gasteiger partial charge in [-0.15, -0.1) is 0 Å². The molecule has 0 unspecified atom stereocenters. The summed E-state index contributed by atoms with van der Waals surface area (Å²) in [5.41, 5.74) is 0.633. The van der Waals surface area contributed by atoms with Gasteiger partial charge in [0.1, 0.15) is 11.9 Å². The van der Waals surface area contributed by atoms with Crippen LogP contribution in [0.15, 0.2) is 82.6 Å². The molecule has 3 aromatic carbocycles. The van der Waals surface area contributed by atoms with E-state index in [-0.39, 0.29) is 53.4 Å². The van der Waals surface area contributed by atoms with E-state index >= 15 is 0 Å². The number of likely N-dealkylation sites (N-methyl/N-ethyl adjacent to an activating group) is 1. The van der Waals surface area contributed by atoms with Crippen LogP contribution in [0.2, 0.25) is 5.02 Å². The number of halogens is 1. The Labute approximate surface area is 252 Å². The molecule has 1 aliphatic rings. The predicted molar refractivity (Wildman–Crippen MR) is 161 cm³/mol. The summed E-state index contributed by atoms with van der Waals surface area (Å²) in [6.45, 7) is 3.52. The van der Waals surface area contributed by atoms with Gasteiger partial charge in [-0.3, -0.25) is 9.52 Å². The Balaban J connectivity index is 1.68. The Morgan fingerprint density at radius 3 is 2.36 bits per heavy atom. The lowest BCUT2D eigenvalue weighted by Gasteiger charge is -2.33. The van der Waals surface area contributed by atoms with Crippen LogP contribution in [0.3, 0.4) is 0 Å². The van der Waals surface area contributed by atoms with Crippen LogP contribution in [0.5, 0.6) is 5.75 Å². The fourth-order valence-electron chi connectivity index (χ4n) is 4.66. The molecule has 0 aliphatic carbocycles. The first-order valence-corrected chi connectivity index (χ1v) is 16.6. The number of carbonyl (C=O) groups excluding carboxylic acids is 1. The van der Waals surface area contributed by atoms with Crippen molar-refractivity contribution in [3.05, 3.63) is 83.4 Å². The number of amides is 1. The summed E-state index contributed by atoms with van der Waals surface area (Å²) < 4.78 is 62.6. The van der Waals surface area contributed by atoms with Gasteiger partial charge in [0.05, 0.1) is 35.4 Å². The number of aliphatic hydroxyl groups excluding tert-OH is 1. The maximum absolute atomic E-state index is 13.5. The standard InChI is InChI=1S/C29H34ClN3O7S2/c1-20-17-33(21(2)19-34)29(35)16-22-15-24(31-41(36,37)25-12-9-23(30)10-13-25)11-14-27(22)40-28(20)18-32(3)42(38,39)26-7-5-4-6-8-26/h4-15,20-21,28,31,34H,16-19H2,1-3H3/t20-,21+,28+/m0/s1. The van der Waals surface area contributed by atoms with E-state index in [1.807, 2.05) is 6.92 Å². The molecule has 1 heterocycles. The van der Waals surface area contributed by atoms with Gasteiger partial charge in [-0.1, -0.05) is 36.7 Å². The van der Waals surface area contributed by atoms with Crippen molar-refractivity contribution in [3.63, 3.8) is 0 Å². The molecule has 0 saturated carbocycles. The van der Waals surface area contributed by atoms with Crippen molar-refractivity contribution in [3.8, 4) is 5.75 Å². The van der Waals surface area contributed by atoms with Gasteiger partial charge < -0.3 is 14.7 Å². The third kappa shape index (κ3) is 7.24. The molecule has 13 heteroatoms. The summed E-state index contributed by atoms with van der Waals surface area (Å²) in [5, 5.41) is 10.3. The SMILES string of the molecule is C[C@H](CO)N1C[C@H](C)[C@@H](CN(C)S(=O)(=O)c2ccccc2)Oc2ccc(NS(=O)(=O)c3ccc(Cl)cc3)cc2CC1=O. The number of sulfonamides is 2. The van der Waals surface area contributed by atoms with Crippen LogP contribution in [0.4, 0.5) is 5.69 Å². The first-order chi connectivity index (χ1) is 19.8. The highest BCUT2D eigenvalue weighted by molar-refractivity contribution is 7.92. The Morgan fingerprint density at radius 2 is 1.71 bits per heavy atom. The lowest BCUT2D eigenvalue weighted by Crippen LogP contribution is -2.48. The quantitative estimate of drug-likeness (QED) is 0.367. The molecule has 1 aliphatic heterocycles. The van der Waals surface area contributed by atoms with Crippen molar-refractivity contribution in [2.75, 3.05) is 31.5 Å². The zero-order valence-electron chi connectivity index (χ0n) is 23.5. The third-order valence-corrected chi connectivity index (χ3v) is 10.7. The second-order valence-corrected chi connectivity index (χ2v) is 14.5. The Kier molecular flexibility index (Phi) is 9.84. The number of benzene rings is 3. The lowest BCUT2D eigenvalue weighted by atomic mass is 10.0. The van der Waals surface area contributed by atoms with Gasteiger partial charge in [0, 0.05) is 35.8 Å². The zero-order valence-corrected chi connectivity index (χ0v) is 25.9. The maximum Gasteiger partial charge on any atom is 0.261 e. The molecule has 2 N–H and O–H groups in total. The zero-order chi connectivity index (χ0) is 30.7. The molecule has 0 spiro atoms. The summed E-state index contributed by atoms with van der Waals surface area (Å²) in [7, 11) is -6.30. The van der Waals surface area contributed by atoms with Crippen LogP contribution in [0, 0.1) is 5.92 Å². The Hall–Kier alpha value is -3.16. The topological polar surface area (TPSA) is 133 Å². The number of aliphatic hydroxyl groups is 1. The molecule has 4 rings (SSSR count). The number of carbonyl (C=O) groups is 1. The van der Waals surface area contributed by atoms with Gasteiger partial charge in [-0.2, -0.15) is 4.31 Å². The fraction of sp³-hybridized carbons (Fsp3) is 0.345. The van der Waals surface area contributed by atoms with Crippen molar-refractivity contribution < 1.29 is 31.5 Å². The molecule has 0 radical (unpaired) electrons. The Bertz CT molecular complexity index is 1620. The van der Waals surface area contributed by atoms with Gasteiger partial charge in [0.2, 0.25) is 15.9 Å². The molecule has 0 bridgehead atoms. The molecule has 1 amide bonds. The number of hydrogen-bond donors (Lipinski definition) is 2. The highest BCUT2D eigenvalue weighted by atomic mass is 35.5. The van der Waals surface area contributed by atoms with E-state index < -0.39 is 32.2 Å². The Morgan fingerprint density at radius 1 is 1.05 bits per heavy atom. The monoisotopic (exact) mass is 635 g/mol. The number of anilines is 1. The maximum atomic E-state index is 13.5. The van der Waals surface area contributed by atoms with Crippen LogP contribution < -0.4 is 9.46 Å². The van der Waals surface area contributed by atoms with Gasteiger partial charge in [-0.05, 0) is 61.5 Å². The molecule has 226 valence electrons. The number of fused-ring (bicyclic) bond motifs is 1. The minimum atomic E-state index is -3.95. The number of rotatable bonds is 9. The van der Waals surface area contributed by atoms with Gasteiger partial charge in [-0.25, -0.2) is 16.8 Å². The minimum absolute atomic E-state index is 0.0156. The first-order valence-electron chi connectivity index (χ1n) is 13.3. The molecule has 0 fully saturated rings. The molecular weight excluding hydrogens is 602 g/mol. The highest BCUT2D eigenvalue weighted by Crippen LogP contribution is 2.31. The van der Waals surface area contributed by atoms with E-state index in [9.17, 15) is 26.7 Å². The second-order valence-electron chi connectivity index (χ2n) is 10.4. The van der Waals surface area contributed by atoms with E-state index in [0.717, 1.165) is 0 Å². The van der Waals surface area contributed by atoms with Crippen molar-refractivity contribution in [1.82, 2.24) is 9.21 Å². The van der Waals surface area contributed by atoms with E-state index in [4.69, 9.17) is 16.3 Å². The van der Waals surface area contributed by atoms with Crippen molar-refractivity contribution in [1.29, 1.82) is 0 Å². The summed E-state index contributed by atoms with van der Waals surface area (Å²) >= 11 is 5.89. The number of ether oxygens (including phenoxy) is 1. The normalized spacial score (nSPS) is 18.8. The summed E-state index contributed by atoms with van der Waals surface area (Å²) in [5.74, 6) is -0.277. The fourth-order valence-corrected chi connectivity index (χ4v) is 7.04. The van der Waals surface area contributed by atoms with E-state index in [2.05, 4.69) is 4.72 Å². The van der Waals surface area contributed by atoms with Crippen molar-refractivity contribution in [2.24, 2.45) is 5.92 Å². The van der Waals surface area contributed by atoms with Crippen LogP contribution in [-0.4, -0.2) is 75.9 Å². The number of nitrogens with zero attached hydrogens (tertiary/aromatic N) is 2. The van der Waals surface area contributed by atoms with E-state index in [1.54, 1.807) is 36.1 Å². The average molecular weight is 636 g/mol. The third-order valence-electron chi connectivity index (χ3n) is 7.18. The smallest absolute Gasteiger partial charge is 0.261 e. The summed E-state index contributed by atoms with van der Waals surface area (Å²) in [6.07, 6.45) is -0.795. The van der Waals surface area contributed by atoms with Crippen LogP contribution in [-0.2, 0) is 31.3 Å². The number of nitrogens with one attached hydrogen (secondary N) is 1. The van der Waals surface area contributed by atoms with Gasteiger partial charge in [0.25, 0.3) is 10.0 Å². The van der Waals surface area contributed by atoms with E-state index in [0.29, 0.717) is 16.3 Å². The summed E-state index contributed by atoms with van der Waals surface area (Å²) in [6, 6.07) is 17.9. The molecule has 42 heavy (non-hydrogen) atoms. The lowest BCUT2D eigenvalue weighted by molar-refractivity contribution is -0.134. The molecule has 0 saturated heterocycles.